The normalized spacial score (nSPS) is 13.1. The molecule has 1 aliphatic rings. The van der Waals surface area contributed by atoms with Crippen LogP contribution in [0.5, 0.6) is 0 Å². The van der Waals surface area contributed by atoms with Crippen LogP contribution in [0.4, 0.5) is 17.1 Å². The molecular weight excluding hydrogens is 1190 g/mol. The zero-order valence-electron chi connectivity index (χ0n) is 52.7. The van der Waals surface area contributed by atoms with Gasteiger partial charge in [0.1, 0.15) is 0 Å². The van der Waals surface area contributed by atoms with Crippen molar-refractivity contribution in [2.45, 2.75) is 19.3 Å². The van der Waals surface area contributed by atoms with Gasteiger partial charge >= 0.3 is 0 Å². The van der Waals surface area contributed by atoms with Crippen LogP contribution in [0.15, 0.2) is 306 Å². The molecule has 0 amide bonds. The Labute approximate surface area is 554 Å². The van der Waals surface area contributed by atoms with Crippen molar-refractivity contribution in [2.24, 2.45) is 0 Å². The van der Waals surface area contributed by atoms with E-state index in [2.05, 4.69) is 249 Å². The lowest BCUT2D eigenvalue weighted by molar-refractivity contribution is 0.661. The van der Waals surface area contributed by atoms with Crippen molar-refractivity contribution in [1.82, 2.24) is 13.2 Å². The first-order valence-corrected chi connectivity index (χ1v) is 33.2. The van der Waals surface area contributed by atoms with Gasteiger partial charge in [-0.2, -0.15) is 0 Å². The monoisotopic (exact) mass is 1240 g/mol. The van der Waals surface area contributed by atoms with Crippen LogP contribution in [0, 0.1) is 0 Å². The number of rotatable bonds is 7. The molecule has 0 radical (unpaired) electrons. The fourth-order valence-corrected chi connectivity index (χ4v) is 17.1. The first-order valence-electron chi connectivity index (χ1n) is 33.2. The van der Waals surface area contributed by atoms with Crippen LogP contribution >= 0.6 is 0 Å². The van der Waals surface area contributed by atoms with Crippen molar-refractivity contribution in [2.75, 3.05) is 4.90 Å². The molecule has 0 fully saturated rings. The van der Waals surface area contributed by atoms with E-state index < -0.39 is 0 Å². The zero-order chi connectivity index (χ0) is 64.3. The lowest BCUT2D eigenvalue weighted by Crippen LogP contribution is -2.16. The summed E-state index contributed by atoms with van der Waals surface area (Å²) in [6, 6.07) is 103. The second-order valence-electron chi connectivity index (χ2n) is 27.0. The number of anilines is 3. The van der Waals surface area contributed by atoms with Crippen LogP contribution in [0.25, 0.3) is 170 Å². The topological polar surface area (TPSA) is 67.7 Å². The Morgan fingerprint density at radius 1 is 0.237 bits per heavy atom. The average Bonchev–Trinajstić information content (AvgIpc) is 1.56. The predicted molar refractivity (Wildman–Crippen MR) is 403 cm³/mol. The van der Waals surface area contributed by atoms with Crippen molar-refractivity contribution in [3.05, 3.63) is 333 Å². The van der Waals surface area contributed by atoms with Crippen LogP contribution in [0.3, 0.4) is 0 Å². The van der Waals surface area contributed by atoms with E-state index in [1.165, 1.54) is 22.3 Å². The Kier molecular flexibility index (Phi) is 10.8. The van der Waals surface area contributed by atoms with Gasteiger partial charge in [-0.1, -0.05) is 202 Å². The highest BCUT2D eigenvalue weighted by atomic mass is 16.1. The predicted octanol–water partition coefficient (Wildman–Crippen LogP) is 21.7. The summed E-state index contributed by atoms with van der Waals surface area (Å²) >= 11 is 0. The van der Waals surface area contributed by atoms with Crippen LogP contribution in [0.1, 0.15) is 25.0 Å². The third kappa shape index (κ3) is 7.37. The second kappa shape index (κ2) is 19.4. The summed E-state index contributed by atoms with van der Waals surface area (Å²) in [5.74, 6) is 0. The molecule has 21 rings (SSSR count). The molecule has 0 saturated carbocycles. The van der Waals surface area contributed by atoms with E-state index in [1.54, 1.807) is 0 Å². The first-order chi connectivity index (χ1) is 47.6. The molecule has 14 aromatic carbocycles. The number of hydrogen-bond donors (Lipinski definition) is 0. The molecule has 0 bridgehead atoms. The van der Waals surface area contributed by atoms with Crippen molar-refractivity contribution in [3.8, 4) is 55.6 Å². The Morgan fingerprint density at radius 3 is 1.28 bits per heavy atom. The van der Waals surface area contributed by atoms with Gasteiger partial charge in [0.15, 0.2) is 0 Å². The van der Waals surface area contributed by atoms with Gasteiger partial charge in [-0.3, -0.25) is 27.6 Å². The lowest BCUT2D eigenvalue weighted by Gasteiger charge is -2.26. The standard InChI is InChI=1S/C90H54N4O3/c1-90(2)79-25-12-10-19-65(79)71-49-73-77-47-58(57-44-74-63-18-7-9-22-70(63)88(96)92-81-26-13-11-20-66(81)76(46-57)85(74)92)45-75-64-41-35-56(43-78(64)89(97)94(86(75)77)83(73)50-80(71)90)55-29-27-52(28-30-55)54-33-38-60(39-34-54)91(59-36-31-53(32-37-59)51-15-4-3-5-16-51)61-40-42-82-72(48-61)68-24-14-23-67-62-17-6-8-21-69(62)87(95)93(82)84(67)68/h3-50H,1-2H3. The van der Waals surface area contributed by atoms with Gasteiger partial charge in [-0.25, -0.2) is 0 Å². The quantitative estimate of drug-likeness (QED) is 0.149. The number of fused-ring (bicyclic) bond motifs is 18. The van der Waals surface area contributed by atoms with Crippen LogP contribution in [-0.4, -0.2) is 13.2 Å². The molecule has 6 aromatic heterocycles. The van der Waals surface area contributed by atoms with E-state index >= 15 is 4.79 Å². The molecule has 97 heavy (non-hydrogen) atoms. The molecule has 0 N–H and O–H groups in total. The molecule has 0 spiro atoms. The zero-order valence-corrected chi connectivity index (χ0v) is 52.7. The summed E-state index contributed by atoms with van der Waals surface area (Å²) in [6.07, 6.45) is 0. The van der Waals surface area contributed by atoms with Crippen LogP contribution in [-0.2, 0) is 5.41 Å². The van der Waals surface area contributed by atoms with E-state index in [9.17, 15) is 9.59 Å². The Hall–Kier alpha value is -12.7. The lowest BCUT2D eigenvalue weighted by atomic mass is 9.82. The number of aromatic nitrogens is 3. The van der Waals surface area contributed by atoms with E-state index in [4.69, 9.17) is 0 Å². The summed E-state index contributed by atoms with van der Waals surface area (Å²) in [5, 5.41) is 14.1. The molecule has 7 nitrogen and oxygen atoms in total. The molecule has 1 aliphatic carbocycles. The van der Waals surface area contributed by atoms with Crippen molar-refractivity contribution in [1.29, 1.82) is 0 Å². The summed E-state index contributed by atoms with van der Waals surface area (Å²) in [6.45, 7) is 4.59. The molecule has 452 valence electrons. The average molecular weight is 1240 g/mol. The van der Waals surface area contributed by atoms with Crippen molar-refractivity contribution in [3.63, 3.8) is 0 Å². The van der Waals surface area contributed by atoms with Crippen molar-refractivity contribution < 1.29 is 0 Å². The van der Waals surface area contributed by atoms with Gasteiger partial charge in [-0.15, -0.1) is 0 Å². The molecule has 0 saturated heterocycles. The fourth-order valence-electron chi connectivity index (χ4n) is 17.1. The summed E-state index contributed by atoms with van der Waals surface area (Å²) in [4.78, 5) is 46.8. The Bertz CT molecular complexity index is 7010. The number of benzene rings is 14. The molecule has 0 aliphatic heterocycles. The van der Waals surface area contributed by atoms with Gasteiger partial charge in [0, 0.05) is 87.1 Å². The van der Waals surface area contributed by atoms with E-state index in [0.29, 0.717) is 16.2 Å². The maximum Gasteiger partial charge on any atom is 0.263 e. The minimum absolute atomic E-state index is 0.0120. The largest absolute Gasteiger partial charge is 0.310 e. The highest BCUT2D eigenvalue weighted by Crippen LogP contribution is 2.52. The van der Waals surface area contributed by atoms with E-state index in [0.717, 1.165) is 159 Å². The molecular formula is C90H54N4O3. The first kappa shape index (κ1) is 53.8. The summed E-state index contributed by atoms with van der Waals surface area (Å²) < 4.78 is 5.81. The third-order valence-corrected chi connectivity index (χ3v) is 21.6. The minimum Gasteiger partial charge on any atom is -0.310 e. The van der Waals surface area contributed by atoms with Gasteiger partial charge in [0.25, 0.3) is 16.7 Å². The fraction of sp³-hybridized carbons (Fsp3) is 0.0333. The van der Waals surface area contributed by atoms with Gasteiger partial charge in [-0.05, 0) is 186 Å². The molecule has 0 unspecified atom stereocenters. The SMILES string of the molecule is CC1(C)c2ccccc2-c2cc3c4cc(-c5cc6c7ccccc7c(=O)n7c8ccccc8c(c5)c67)cc5c6ccc(-c7ccc(-c8ccc(N(c9ccc(-c%10ccccc%10)cc9)c9ccc%10c(c9)c9cccc%11c%12ccccc%12c(=O)n%10c%119)cc8)cc7)cc6c(=O)n(c3cc21)c54. The maximum absolute atomic E-state index is 15.8. The van der Waals surface area contributed by atoms with E-state index in [1.807, 2.05) is 73.9 Å². The maximum atomic E-state index is 15.8. The Morgan fingerprint density at radius 2 is 0.639 bits per heavy atom. The van der Waals surface area contributed by atoms with Crippen LogP contribution in [0.2, 0.25) is 0 Å². The highest BCUT2D eigenvalue weighted by Gasteiger charge is 2.37. The summed E-state index contributed by atoms with van der Waals surface area (Å²) in [7, 11) is 0. The number of hydrogen-bond acceptors (Lipinski definition) is 4. The van der Waals surface area contributed by atoms with Gasteiger partial charge < -0.3 is 4.90 Å². The molecule has 7 heteroatoms. The number of para-hydroxylation sites is 2. The van der Waals surface area contributed by atoms with Gasteiger partial charge in [0.05, 0.1) is 33.1 Å². The second-order valence-corrected chi connectivity index (χ2v) is 27.0. The number of nitrogens with zero attached hydrogens (tertiary/aromatic N) is 4. The van der Waals surface area contributed by atoms with Crippen molar-refractivity contribution >= 4 is 131 Å². The van der Waals surface area contributed by atoms with E-state index in [-0.39, 0.29) is 22.1 Å². The van der Waals surface area contributed by atoms with Crippen LogP contribution < -0.4 is 21.6 Å². The van der Waals surface area contributed by atoms with Gasteiger partial charge in [0.2, 0.25) is 0 Å². The third-order valence-electron chi connectivity index (χ3n) is 21.6. The molecule has 0 atom stereocenters. The molecule has 6 heterocycles. The number of pyridine rings is 3. The minimum atomic E-state index is -0.278. The Balaban J connectivity index is 0.692. The summed E-state index contributed by atoms with van der Waals surface area (Å²) in [5.41, 5.74) is 21.5. The smallest absolute Gasteiger partial charge is 0.263 e. The molecule has 20 aromatic rings. The highest BCUT2D eigenvalue weighted by molar-refractivity contribution is 6.26.